The van der Waals surface area contributed by atoms with Gasteiger partial charge in [0, 0.05) is 19.0 Å². The molecule has 3 fully saturated rings. The average Bonchev–Trinajstić information content (AvgIpc) is 2.85. The molecule has 5 heteroatoms. The highest BCUT2D eigenvalue weighted by Crippen LogP contribution is 2.46. The average molecular weight is 356 g/mol. The maximum atomic E-state index is 12.5. The Hall–Kier alpha value is -2.04. The van der Waals surface area contributed by atoms with Crippen molar-refractivity contribution in [3.8, 4) is 0 Å². The van der Waals surface area contributed by atoms with Crippen molar-refractivity contribution in [3.05, 3.63) is 34.9 Å². The number of carbonyl (C=O) groups is 2. The lowest BCUT2D eigenvalue weighted by Gasteiger charge is -2.47. The minimum absolute atomic E-state index is 0.0112. The lowest BCUT2D eigenvalue weighted by Crippen LogP contribution is -2.59. The molecule has 1 saturated heterocycles. The molecule has 1 spiro atoms. The standard InChI is InChI=1S/C21H28N2O3/c1-4-14-5-6-15(7-13(14)2)16-8-18(9-16)22-19(24)17-10-21(11-17)12-26-20(25)23(21)3/h5-7,16-18H,4,8-12H2,1-3H3,(H,22,24). The van der Waals surface area contributed by atoms with Gasteiger partial charge in [0.25, 0.3) is 0 Å². The Morgan fingerprint density at radius 1 is 1.35 bits per heavy atom. The normalized spacial score (nSPS) is 32.8. The van der Waals surface area contributed by atoms with Crippen molar-refractivity contribution in [1.82, 2.24) is 10.2 Å². The fraction of sp³-hybridized carbons (Fsp3) is 0.619. The summed E-state index contributed by atoms with van der Waals surface area (Å²) in [6, 6.07) is 7.09. The van der Waals surface area contributed by atoms with Crippen LogP contribution >= 0.6 is 0 Å². The van der Waals surface area contributed by atoms with Crippen molar-refractivity contribution in [2.24, 2.45) is 5.92 Å². The molecule has 1 heterocycles. The molecule has 4 rings (SSSR count). The highest BCUT2D eigenvalue weighted by Gasteiger charge is 2.56. The fourth-order valence-electron chi connectivity index (χ4n) is 4.71. The van der Waals surface area contributed by atoms with Crippen molar-refractivity contribution >= 4 is 12.0 Å². The fourth-order valence-corrected chi connectivity index (χ4v) is 4.71. The number of cyclic esters (lactones) is 1. The van der Waals surface area contributed by atoms with E-state index in [0.717, 1.165) is 32.1 Å². The smallest absolute Gasteiger partial charge is 0.410 e. The highest BCUT2D eigenvalue weighted by atomic mass is 16.6. The second kappa shape index (κ2) is 6.29. The first-order chi connectivity index (χ1) is 12.4. The Balaban J connectivity index is 1.25. The van der Waals surface area contributed by atoms with Crippen LogP contribution in [0.4, 0.5) is 4.79 Å². The van der Waals surface area contributed by atoms with E-state index in [2.05, 4.69) is 37.4 Å². The number of hydrogen-bond donors (Lipinski definition) is 1. The van der Waals surface area contributed by atoms with E-state index in [1.165, 1.54) is 16.7 Å². The van der Waals surface area contributed by atoms with E-state index in [4.69, 9.17) is 4.74 Å². The molecule has 2 saturated carbocycles. The van der Waals surface area contributed by atoms with E-state index in [-0.39, 0.29) is 29.5 Å². The number of amides is 2. The monoisotopic (exact) mass is 356 g/mol. The molecule has 1 aliphatic heterocycles. The highest BCUT2D eigenvalue weighted by molar-refractivity contribution is 5.81. The Morgan fingerprint density at radius 3 is 2.65 bits per heavy atom. The molecule has 1 aromatic carbocycles. The van der Waals surface area contributed by atoms with Crippen LogP contribution in [0.5, 0.6) is 0 Å². The van der Waals surface area contributed by atoms with Gasteiger partial charge in [-0.3, -0.25) is 4.79 Å². The number of nitrogens with one attached hydrogen (secondary N) is 1. The van der Waals surface area contributed by atoms with Gasteiger partial charge in [-0.25, -0.2) is 4.79 Å². The zero-order valence-electron chi connectivity index (χ0n) is 15.9. The number of aryl methyl sites for hydroxylation is 2. The van der Waals surface area contributed by atoms with Gasteiger partial charge in [-0.2, -0.15) is 0 Å². The van der Waals surface area contributed by atoms with Gasteiger partial charge >= 0.3 is 6.09 Å². The first-order valence-corrected chi connectivity index (χ1v) is 9.72. The van der Waals surface area contributed by atoms with Crippen LogP contribution in [0.2, 0.25) is 0 Å². The summed E-state index contributed by atoms with van der Waals surface area (Å²) in [7, 11) is 1.77. The van der Waals surface area contributed by atoms with E-state index in [0.29, 0.717) is 12.5 Å². The molecule has 2 aliphatic carbocycles. The number of benzene rings is 1. The number of nitrogens with zero attached hydrogens (tertiary/aromatic N) is 1. The number of rotatable bonds is 4. The van der Waals surface area contributed by atoms with Crippen LogP contribution < -0.4 is 5.32 Å². The second-order valence-electron chi connectivity index (χ2n) is 8.36. The molecule has 3 aliphatic rings. The molecule has 140 valence electrons. The summed E-state index contributed by atoms with van der Waals surface area (Å²) >= 11 is 0. The van der Waals surface area contributed by atoms with Crippen LogP contribution in [0.1, 0.15) is 55.2 Å². The van der Waals surface area contributed by atoms with E-state index in [1.54, 1.807) is 11.9 Å². The first kappa shape index (κ1) is 17.4. The first-order valence-electron chi connectivity index (χ1n) is 9.72. The van der Waals surface area contributed by atoms with Crippen LogP contribution in [0.3, 0.4) is 0 Å². The van der Waals surface area contributed by atoms with Crippen molar-refractivity contribution in [2.75, 3.05) is 13.7 Å². The van der Waals surface area contributed by atoms with Crippen molar-refractivity contribution < 1.29 is 14.3 Å². The van der Waals surface area contributed by atoms with Gasteiger partial charge in [0.15, 0.2) is 0 Å². The van der Waals surface area contributed by atoms with E-state index < -0.39 is 0 Å². The van der Waals surface area contributed by atoms with Gasteiger partial charge in [0.2, 0.25) is 5.91 Å². The molecule has 0 radical (unpaired) electrons. The SMILES string of the molecule is CCc1ccc(C2CC(NC(=O)C3CC4(COC(=O)N4C)C3)C2)cc1C. The summed E-state index contributed by atoms with van der Waals surface area (Å²) in [6.45, 7) is 4.79. The van der Waals surface area contributed by atoms with Crippen molar-refractivity contribution in [3.63, 3.8) is 0 Å². The van der Waals surface area contributed by atoms with E-state index in [9.17, 15) is 9.59 Å². The Bertz CT molecular complexity index is 733. The van der Waals surface area contributed by atoms with Crippen LogP contribution in [-0.4, -0.2) is 42.1 Å². The predicted octanol–water partition coefficient (Wildman–Crippen LogP) is 3.15. The summed E-state index contributed by atoms with van der Waals surface area (Å²) < 4.78 is 5.11. The third kappa shape index (κ3) is 2.78. The number of hydrogen-bond acceptors (Lipinski definition) is 3. The van der Waals surface area contributed by atoms with Crippen LogP contribution in [-0.2, 0) is 16.0 Å². The summed E-state index contributed by atoms with van der Waals surface area (Å²) in [6.07, 6.45) is 4.29. The maximum Gasteiger partial charge on any atom is 0.410 e. The molecule has 0 unspecified atom stereocenters. The molecule has 1 N–H and O–H groups in total. The molecule has 0 atom stereocenters. The summed E-state index contributed by atoms with van der Waals surface area (Å²) in [5, 5.41) is 3.20. The Morgan fingerprint density at radius 2 is 2.08 bits per heavy atom. The lowest BCUT2D eigenvalue weighted by atomic mass is 9.67. The number of carbonyl (C=O) groups excluding carboxylic acids is 2. The Kier molecular flexibility index (Phi) is 4.20. The molecule has 0 aromatic heterocycles. The predicted molar refractivity (Wildman–Crippen MR) is 99.0 cm³/mol. The molecule has 1 aromatic rings. The third-order valence-corrected chi connectivity index (χ3v) is 6.78. The van der Waals surface area contributed by atoms with Crippen LogP contribution in [0.15, 0.2) is 18.2 Å². The largest absolute Gasteiger partial charge is 0.447 e. The van der Waals surface area contributed by atoms with Gasteiger partial charge in [0.05, 0.1) is 5.54 Å². The third-order valence-electron chi connectivity index (χ3n) is 6.78. The minimum atomic E-state index is -0.268. The van der Waals surface area contributed by atoms with Crippen LogP contribution in [0, 0.1) is 12.8 Å². The number of ether oxygens (including phenoxy) is 1. The van der Waals surface area contributed by atoms with Gasteiger partial charge < -0.3 is 15.0 Å². The molecule has 26 heavy (non-hydrogen) atoms. The molecule has 0 bridgehead atoms. The molecule has 2 amide bonds. The zero-order chi connectivity index (χ0) is 18.5. The summed E-state index contributed by atoms with van der Waals surface area (Å²) in [5.74, 6) is 0.714. The zero-order valence-corrected chi connectivity index (χ0v) is 15.9. The lowest BCUT2D eigenvalue weighted by molar-refractivity contribution is -0.133. The summed E-state index contributed by atoms with van der Waals surface area (Å²) in [5.41, 5.74) is 3.95. The molecular formula is C21H28N2O3. The number of likely N-dealkylation sites (N-methyl/N-ethyl adjacent to an activating group) is 1. The van der Waals surface area contributed by atoms with Crippen molar-refractivity contribution in [1.29, 1.82) is 0 Å². The van der Waals surface area contributed by atoms with Gasteiger partial charge in [0.1, 0.15) is 6.61 Å². The molecular weight excluding hydrogens is 328 g/mol. The summed E-state index contributed by atoms with van der Waals surface area (Å²) in [4.78, 5) is 25.7. The minimum Gasteiger partial charge on any atom is -0.447 e. The second-order valence-corrected chi connectivity index (χ2v) is 8.36. The Labute approximate surface area is 155 Å². The molecule has 5 nitrogen and oxygen atoms in total. The quantitative estimate of drug-likeness (QED) is 0.902. The van der Waals surface area contributed by atoms with Gasteiger partial charge in [-0.05, 0) is 61.6 Å². The maximum absolute atomic E-state index is 12.5. The van der Waals surface area contributed by atoms with E-state index >= 15 is 0 Å². The van der Waals surface area contributed by atoms with Crippen molar-refractivity contribution in [2.45, 2.75) is 63.5 Å². The van der Waals surface area contributed by atoms with E-state index in [1.807, 2.05) is 0 Å². The van der Waals surface area contributed by atoms with Crippen LogP contribution in [0.25, 0.3) is 0 Å². The van der Waals surface area contributed by atoms with Gasteiger partial charge in [-0.1, -0.05) is 25.1 Å². The van der Waals surface area contributed by atoms with Gasteiger partial charge in [-0.15, -0.1) is 0 Å². The topological polar surface area (TPSA) is 58.6 Å².